The Morgan fingerprint density at radius 2 is 1.78 bits per heavy atom. The normalized spacial score (nSPS) is 11.4. The molecule has 0 radical (unpaired) electrons. The van der Waals surface area contributed by atoms with Gasteiger partial charge < -0.3 is 24.4 Å². The van der Waals surface area contributed by atoms with Gasteiger partial charge in [-0.05, 0) is 49.4 Å². The van der Waals surface area contributed by atoms with Crippen LogP contribution in [0.4, 0.5) is 9.18 Å². The summed E-state index contributed by atoms with van der Waals surface area (Å²) in [6.07, 6.45) is 0. The highest BCUT2D eigenvalue weighted by Crippen LogP contribution is 2.29. The topological polar surface area (TPSA) is 60.0 Å². The molecule has 0 aliphatic carbocycles. The molecule has 0 aromatic heterocycles. The first-order valence-electron chi connectivity index (χ1n) is 8.56. The summed E-state index contributed by atoms with van der Waals surface area (Å²) in [6, 6.07) is 10.7. The van der Waals surface area contributed by atoms with E-state index in [4.69, 9.17) is 14.2 Å². The second-order valence-electron chi connectivity index (χ2n) is 6.00. The maximum absolute atomic E-state index is 12.9. The van der Waals surface area contributed by atoms with Gasteiger partial charge >= 0.3 is 6.03 Å². The van der Waals surface area contributed by atoms with Gasteiger partial charge in [-0.15, -0.1) is 0 Å². The summed E-state index contributed by atoms with van der Waals surface area (Å²) in [5.41, 5.74) is 0.821. The van der Waals surface area contributed by atoms with E-state index in [0.717, 1.165) is 5.56 Å². The number of hydrogen-bond acceptors (Lipinski definition) is 4. The lowest BCUT2D eigenvalue weighted by atomic mass is 10.1. The number of amides is 2. The molecule has 1 unspecified atom stereocenters. The zero-order valence-corrected chi connectivity index (χ0v) is 16.0. The van der Waals surface area contributed by atoms with Crippen molar-refractivity contribution in [1.29, 1.82) is 0 Å². The summed E-state index contributed by atoms with van der Waals surface area (Å²) in [4.78, 5) is 13.9. The molecule has 0 saturated carbocycles. The van der Waals surface area contributed by atoms with Gasteiger partial charge in [0, 0.05) is 12.6 Å². The molecular formula is C20H25FN2O4. The number of rotatable bonds is 8. The van der Waals surface area contributed by atoms with Crippen molar-refractivity contribution in [1.82, 2.24) is 10.2 Å². The minimum absolute atomic E-state index is 0.241. The van der Waals surface area contributed by atoms with Crippen LogP contribution in [0.1, 0.15) is 18.5 Å². The van der Waals surface area contributed by atoms with E-state index in [9.17, 15) is 9.18 Å². The first-order chi connectivity index (χ1) is 12.9. The Morgan fingerprint density at radius 1 is 1.11 bits per heavy atom. The lowest BCUT2D eigenvalue weighted by molar-refractivity contribution is 0.192. The fourth-order valence-electron chi connectivity index (χ4n) is 2.48. The molecule has 1 N–H and O–H groups in total. The van der Waals surface area contributed by atoms with Crippen molar-refractivity contribution >= 4 is 6.03 Å². The smallest absolute Gasteiger partial charge is 0.317 e. The summed E-state index contributed by atoms with van der Waals surface area (Å²) in [5, 5.41) is 2.92. The number of hydrogen-bond donors (Lipinski definition) is 1. The first-order valence-corrected chi connectivity index (χ1v) is 8.56. The van der Waals surface area contributed by atoms with Crippen LogP contribution in [0.25, 0.3) is 0 Å². The van der Waals surface area contributed by atoms with E-state index < -0.39 is 0 Å². The molecular weight excluding hydrogens is 351 g/mol. The van der Waals surface area contributed by atoms with Crippen molar-refractivity contribution in [2.45, 2.75) is 13.0 Å². The van der Waals surface area contributed by atoms with Crippen molar-refractivity contribution in [3.05, 3.63) is 53.8 Å². The van der Waals surface area contributed by atoms with Gasteiger partial charge in [0.15, 0.2) is 0 Å². The molecule has 0 bridgehead atoms. The van der Waals surface area contributed by atoms with Gasteiger partial charge in [-0.2, -0.15) is 0 Å². The number of nitrogens with zero attached hydrogens (tertiary/aromatic N) is 1. The molecule has 1 atom stereocenters. The number of halogens is 1. The minimum atomic E-state index is -0.319. The summed E-state index contributed by atoms with van der Waals surface area (Å²) in [7, 11) is 4.85. The van der Waals surface area contributed by atoms with Crippen molar-refractivity contribution in [2.24, 2.45) is 0 Å². The predicted octanol–water partition coefficient (Wildman–Crippen LogP) is 3.62. The Bertz CT molecular complexity index is 752. The van der Waals surface area contributed by atoms with E-state index in [2.05, 4.69) is 5.32 Å². The van der Waals surface area contributed by atoms with Gasteiger partial charge in [0.05, 0.1) is 26.8 Å². The van der Waals surface area contributed by atoms with E-state index in [1.807, 2.05) is 13.0 Å². The lowest BCUT2D eigenvalue weighted by Crippen LogP contribution is -2.40. The summed E-state index contributed by atoms with van der Waals surface area (Å²) in [5.74, 6) is 1.60. The Balaban J connectivity index is 1.88. The van der Waals surface area contributed by atoms with Gasteiger partial charge in [0.25, 0.3) is 0 Å². The van der Waals surface area contributed by atoms with Gasteiger partial charge in [-0.25, -0.2) is 9.18 Å². The summed E-state index contributed by atoms with van der Waals surface area (Å²) < 4.78 is 29.0. The number of carbonyl (C=O) groups is 1. The van der Waals surface area contributed by atoms with Gasteiger partial charge in [0.2, 0.25) is 0 Å². The molecule has 6 nitrogen and oxygen atoms in total. The van der Waals surface area contributed by atoms with E-state index in [0.29, 0.717) is 30.4 Å². The maximum Gasteiger partial charge on any atom is 0.317 e. The van der Waals surface area contributed by atoms with Crippen molar-refractivity contribution in [2.75, 3.05) is 34.4 Å². The zero-order chi connectivity index (χ0) is 19.8. The quantitative estimate of drug-likeness (QED) is 0.764. The summed E-state index contributed by atoms with van der Waals surface area (Å²) >= 11 is 0. The number of urea groups is 1. The maximum atomic E-state index is 12.9. The Kier molecular flexibility index (Phi) is 7.28. The third-order valence-corrected chi connectivity index (χ3v) is 4.10. The second-order valence-corrected chi connectivity index (χ2v) is 6.00. The molecule has 0 fully saturated rings. The van der Waals surface area contributed by atoms with Crippen LogP contribution in [0.3, 0.4) is 0 Å². The molecule has 7 heteroatoms. The first kappa shape index (κ1) is 20.4. The monoisotopic (exact) mass is 376 g/mol. The number of likely N-dealkylation sites (N-methyl/N-ethyl adjacent to an activating group) is 1. The average Bonchev–Trinajstić information content (AvgIpc) is 2.68. The number of carbonyl (C=O) groups excluding carboxylic acids is 1. The molecule has 2 aromatic rings. The highest BCUT2D eigenvalue weighted by Gasteiger charge is 2.17. The van der Waals surface area contributed by atoms with Crippen LogP contribution in [0.5, 0.6) is 17.2 Å². The number of methoxy groups -OCH3 is 2. The standard InChI is InChI=1S/C20H25FN2O4/c1-14(18-13-17(25-3)9-10-19(18)26-4)22-20(24)23(2)11-12-27-16-7-5-15(21)6-8-16/h5-10,13-14H,11-12H2,1-4H3,(H,22,24). The highest BCUT2D eigenvalue weighted by molar-refractivity contribution is 5.74. The molecule has 2 aromatic carbocycles. The fraction of sp³-hybridized carbons (Fsp3) is 0.350. The number of nitrogens with one attached hydrogen (secondary N) is 1. The molecule has 2 rings (SSSR count). The second kappa shape index (κ2) is 9.66. The molecule has 0 spiro atoms. The SMILES string of the molecule is COc1ccc(OC)c(C(C)NC(=O)N(C)CCOc2ccc(F)cc2)c1. The minimum Gasteiger partial charge on any atom is -0.497 e. The Morgan fingerprint density at radius 3 is 2.41 bits per heavy atom. The van der Waals surface area contributed by atoms with Crippen LogP contribution in [0.15, 0.2) is 42.5 Å². The molecule has 0 aliphatic heterocycles. The Hall–Kier alpha value is -2.96. The van der Waals surface area contributed by atoms with Gasteiger partial charge in [-0.1, -0.05) is 0 Å². The number of ether oxygens (including phenoxy) is 3. The molecule has 146 valence electrons. The van der Waals surface area contributed by atoms with E-state index in [1.165, 1.54) is 17.0 Å². The van der Waals surface area contributed by atoms with Crippen molar-refractivity contribution in [3.8, 4) is 17.2 Å². The molecule has 2 amide bonds. The van der Waals surface area contributed by atoms with E-state index in [1.54, 1.807) is 45.5 Å². The fourth-order valence-corrected chi connectivity index (χ4v) is 2.48. The van der Waals surface area contributed by atoms with E-state index in [-0.39, 0.29) is 17.9 Å². The molecule has 0 aliphatic rings. The molecule has 0 heterocycles. The van der Waals surface area contributed by atoms with Crippen LogP contribution in [-0.2, 0) is 0 Å². The van der Waals surface area contributed by atoms with Crippen LogP contribution in [0, 0.1) is 5.82 Å². The average molecular weight is 376 g/mol. The van der Waals surface area contributed by atoms with Crippen LogP contribution in [-0.4, -0.2) is 45.3 Å². The highest BCUT2D eigenvalue weighted by atomic mass is 19.1. The lowest BCUT2D eigenvalue weighted by Gasteiger charge is -2.23. The van der Waals surface area contributed by atoms with Crippen molar-refractivity contribution < 1.29 is 23.4 Å². The molecule has 0 saturated heterocycles. The predicted molar refractivity (Wildman–Crippen MR) is 101 cm³/mol. The van der Waals surface area contributed by atoms with Crippen molar-refractivity contribution in [3.63, 3.8) is 0 Å². The van der Waals surface area contributed by atoms with Crippen LogP contribution < -0.4 is 19.5 Å². The van der Waals surface area contributed by atoms with E-state index >= 15 is 0 Å². The largest absolute Gasteiger partial charge is 0.497 e. The third-order valence-electron chi connectivity index (χ3n) is 4.10. The third kappa shape index (κ3) is 5.77. The van der Waals surface area contributed by atoms with Crippen LogP contribution in [0.2, 0.25) is 0 Å². The van der Waals surface area contributed by atoms with Gasteiger partial charge in [-0.3, -0.25) is 0 Å². The van der Waals surface area contributed by atoms with Crippen LogP contribution >= 0.6 is 0 Å². The van der Waals surface area contributed by atoms with Gasteiger partial charge in [0.1, 0.15) is 29.7 Å². The number of benzene rings is 2. The Labute approximate surface area is 158 Å². The summed E-state index contributed by atoms with van der Waals surface area (Å²) in [6.45, 7) is 2.55. The molecule has 27 heavy (non-hydrogen) atoms. The zero-order valence-electron chi connectivity index (χ0n) is 16.0.